The normalized spacial score (nSPS) is 23.8. The van der Waals surface area contributed by atoms with Gasteiger partial charge in [0.1, 0.15) is 11.0 Å². The standard InChI is InChI=1S/C24H23F3N4O4S2/c1-14-29-12-19(36-14)15-2-4-16(5-3-15)37(34,35)17-10-18(30-11-17)20(32)31(22(13-28)6-7-22)21(33)23(8-9-23)24(25,26)27/h2-5,12,17-18,30H,6-11H2,1H3/t17-,18+/m1/s1. The molecule has 3 fully saturated rings. The monoisotopic (exact) mass is 552 g/mol. The predicted octanol–water partition coefficient (Wildman–Crippen LogP) is 3.38. The molecule has 8 nitrogen and oxygen atoms in total. The van der Waals surface area contributed by atoms with Crippen LogP contribution in [0.1, 0.15) is 37.1 Å². The summed E-state index contributed by atoms with van der Waals surface area (Å²) < 4.78 is 67.6. The molecule has 37 heavy (non-hydrogen) atoms. The molecule has 0 radical (unpaired) electrons. The van der Waals surface area contributed by atoms with E-state index in [1.807, 2.05) is 13.0 Å². The first-order valence-electron chi connectivity index (χ1n) is 11.7. The zero-order valence-electron chi connectivity index (χ0n) is 19.7. The Morgan fingerprint density at radius 1 is 1.19 bits per heavy atom. The molecule has 1 aliphatic heterocycles. The Kier molecular flexibility index (Phi) is 6.01. The van der Waals surface area contributed by atoms with Crippen molar-refractivity contribution in [3.05, 3.63) is 35.5 Å². The number of thiazole rings is 1. The number of nitrogens with zero attached hydrogens (tertiary/aromatic N) is 3. The minimum absolute atomic E-state index is 0.0509. The molecule has 1 aromatic carbocycles. The number of aromatic nitrogens is 1. The third-order valence-electron chi connectivity index (χ3n) is 7.40. The van der Waals surface area contributed by atoms with Gasteiger partial charge < -0.3 is 5.32 Å². The Labute approximate surface area is 215 Å². The fourth-order valence-corrected chi connectivity index (χ4v) is 7.19. The fourth-order valence-electron chi connectivity index (χ4n) is 4.75. The first-order chi connectivity index (χ1) is 17.3. The summed E-state index contributed by atoms with van der Waals surface area (Å²) in [4.78, 5) is 32.0. The van der Waals surface area contributed by atoms with Crippen molar-refractivity contribution < 1.29 is 31.2 Å². The lowest BCUT2D eigenvalue weighted by molar-refractivity contribution is -0.200. The number of hydrogen-bond donors (Lipinski definition) is 1. The lowest BCUT2D eigenvalue weighted by atomic mass is 10.0. The van der Waals surface area contributed by atoms with Crippen molar-refractivity contribution in [2.24, 2.45) is 5.41 Å². The lowest BCUT2D eigenvalue weighted by Crippen LogP contribution is -2.56. The van der Waals surface area contributed by atoms with Crippen molar-refractivity contribution in [3.63, 3.8) is 0 Å². The van der Waals surface area contributed by atoms with Crippen molar-refractivity contribution in [2.75, 3.05) is 6.54 Å². The van der Waals surface area contributed by atoms with E-state index in [2.05, 4.69) is 10.3 Å². The molecule has 2 aliphatic carbocycles. The van der Waals surface area contributed by atoms with Gasteiger partial charge in [0.2, 0.25) is 11.8 Å². The number of imide groups is 1. The maximum atomic E-state index is 13.7. The predicted molar refractivity (Wildman–Crippen MR) is 127 cm³/mol. The van der Waals surface area contributed by atoms with Crippen LogP contribution < -0.4 is 5.32 Å². The van der Waals surface area contributed by atoms with Crippen LogP contribution in [0.5, 0.6) is 0 Å². The van der Waals surface area contributed by atoms with E-state index in [0.29, 0.717) is 4.90 Å². The number of sulfone groups is 1. The number of carbonyl (C=O) groups is 2. The molecule has 2 aromatic rings. The van der Waals surface area contributed by atoms with Crippen LogP contribution >= 0.6 is 11.3 Å². The highest BCUT2D eigenvalue weighted by atomic mass is 32.2. The van der Waals surface area contributed by atoms with E-state index in [1.54, 1.807) is 18.3 Å². The molecular weight excluding hydrogens is 529 g/mol. The molecule has 2 saturated carbocycles. The number of hydrogen-bond acceptors (Lipinski definition) is 8. The Morgan fingerprint density at radius 3 is 2.32 bits per heavy atom. The summed E-state index contributed by atoms with van der Waals surface area (Å²) in [7, 11) is -3.88. The molecule has 0 unspecified atom stereocenters. The zero-order valence-corrected chi connectivity index (χ0v) is 21.3. The van der Waals surface area contributed by atoms with Crippen molar-refractivity contribution in [1.82, 2.24) is 15.2 Å². The van der Waals surface area contributed by atoms with Crippen LogP contribution in [-0.4, -0.2) is 59.7 Å². The molecular formula is C24H23F3N4O4S2. The van der Waals surface area contributed by atoms with E-state index in [9.17, 15) is 36.4 Å². The average molecular weight is 553 g/mol. The van der Waals surface area contributed by atoms with Gasteiger partial charge in [0.25, 0.3) is 0 Å². The summed E-state index contributed by atoms with van der Waals surface area (Å²) in [6, 6.07) is 6.93. The van der Waals surface area contributed by atoms with Gasteiger partial charge in [-0.15, -0.1) is 11.3 Å². The Hall–Kier alpha value is -2.82. The maximum absolute atomic E-state index is 13.7. The highest BCUT2D eigenvalue weighted by Crippen LogP contribution is 2.60. The van der Waals surface area contributed by atoms with Gasteiger partial charge >= 0.3 is 6.18 Å². The zero-order chi connectivity index (χ0) is 26.8. The summed E-state index contributed by atoms with van der Waals surface area (Å²) in [5, 5.41) is 12.2. The number of amides is 2. The van der Waals surface area contributed by atoms with Gasteiger partial charge in [0, 0.05) is 12.7 Å². The SMILES string of the molecule is Cc1ncc(-c2ccc(S(=O)(=O)[C@H]3CN[C@H](C(=O)N(C(=O)C4(C(F)(F)F)CC4)C4(C#N)CC4)C3)cc2)s1. The molecule has 2 amide bonds. The second-order valence-electron chi connectivity index (χ2n) is 9.83. The first kappa shape index (κ1) is 25.8. The minimum atomic E-state index is -4.84. The third kappa shape index (κ3) is 4.24. The van der Waals surface area contributed by atoms with E-state index in [1.165, 1.54) is 23.5 Å². The van der Waals surface area contributed by atoms with Crippen LogP contribution in [0.2, 0.25) is 0 Å². The van der Waals surface area contributed by atoms with Crippen molar-refractivity contribution in [1.29, 1.82) is 5.26 Å². The average Bonchev–Trinajstić information content (AvgIpc) is 3.74. The van der Waals surface area contributed by atoms with Gasteiger partial charge in [0.15, 0.2) is 9.84 Å². The smallest absolute Gasteiger partial charge is 0.304 e. The van der Waals surface area contributed by atoms with E-state index in [4.69, 9.17) is 0 Å². The first-order valence-corrected chi connectivity index (χ1v) is 14.1. The van der Waals surface area contributed by atoms with Gasteiger partial charge in [-0.1, -0.05) is 12.1 Å². The Bertz CT molecular complexity index is 1400. The van der Waals surface area contributed by atoms with Gasteiger partial charge in [-0.05, 0) is 56.7 Å². The molecule has 5 rings (SSSR count). The fraction of sp³-hybridized carbons (Fsp3) is 0.500. The molecule has 13 heteroatoms. The maximum Gasteiger partial charge on any atom is 0.403 e. The highest BCUT2D eigenvalue weighted by Gasteiger charge is 2.72. The second kappa shape index (κ2) is 8.61. The lowest BCUT2D eigenvalue weighted by Gasteiger charge is -2.32. The van der Waals surface area contributed by atoms with Crippen LogP contribution in [0.4, 0.5) is 13.2 Å². The molecule has 3 aliphatic rings. The van der Waals surface area contributed by atoms with Crippen LogP contribution in [-0.2, 0) is 19.4 Å². The van der Waals surface area contributed by atoms with Gasteiger partial charge in [-0.25, -0.2) is 13.4 Å². The van der Waals surface area contributed by atoms with E-state index in [-0.39, 0.29) is 30.7 Å². The number of benzene rings is 1. The van der Waals surface area contributed by atoms with Gasteiger partial charge in [-0.3, -0.25) is 14.5 Å². The van der Waals surface area contributed by atoms with E-state index >= 15 is 0 Å². The van der Waals surface area contributed by atoms with Crippen LogP contribution in [0, 0.1) is 23.7 Å². The minimum Gasteiger partial charge on any atom is -0.304 e. The summed E-state index contributed by atoms with van der Waals surface area (Å²) in [6.07, 6.45) is -4.05. The number of carbonyl (C=O) groups excluding carboxylic acids is 2. The third-order valence-corrected chi connectivity index (χ3v) is 10.5. The number of nitriles is 1. The van der Waals surface area contributed by atoms with Crippen LogP contribution in [0.25, 0.3) is 10.4 Å². The summed E-state index contributed by atoms with van der Waals surface area (Å²) in [5.41, 5.74) is -3.46. The van der Waals surface area contributed by atoms with E-state index < -0.39 is 62.9 Å². The molecule has 2 atom stereocenters. The van der Waals surface area contributed by atoms with Crippen molar-refractivity contribution in [2.45, 2.75) is 66.9 Å². The van der Waals surface area contributed by atoms with Crippen molar-refractivity contribution >= 4 is 33.0 Å². The van der Waals surface area contributed by atoms with Crippen LogP contribution in [0.3, 0.4) is 0 Å². The Balaban J connectivity index is 1.35. The molecule has 196 valence electrons. The number of alkyl halides is 3. The molecule has 1 saturated heterocycles. The number of nitrogens with one attached hydrogen (secondary N) is 1. The number of rotatable bonds is 6. The van der Waals surface area contributed by atoms with Crippen LogP contribution in [0.15, 0.2) is 35.4 Å². The molecule has 0 bridgehead atoms. The van der Waals surface area contributed by atoms with Gasteiger partial charge in [-0.2, -0.15) is 18.4 Å². The number of halogens is 3. The number of aryl methyl sites for hydroxylation is 1. The molecule has 1 aromatic heterocycles. The summed E-state index contributed by atoms with van der Waals surface area (Å²) in [5.74, 6) is -2.39. The topological polar surface area (TPSA) is 120 Å². The van der Waals surface area contributed by atoms with Crippen molar-refractivity contribution in [3.8, 4) is 16.5 Å². The Morgan fingerprint density at radius 2 is 1.84 bits per heavy atom. The molecule has 2 heterocycles. The summed E-state index contributed by atoms with van der Waals surface area (Å²) >= 11 is 1.47. The molecule has 1 N–H and O–H groups in total. The summed E-state index contributed by atoms with van der Waals surface area (Å²) in [6.45, 7) is 1.75. The second-order valence-corrected chi connectivity index (χ2v) is 13.3. The largest absolute Gasteiger partial charge is 0.403 e. The van der Waals surface area contributed by atoms with E-state index in [0.717, 1.165) is 15.4 Å². The highest BCUT2D eigenvalue weighted by molar-refractivity contribution is 7.92. The van der Waals surface area contributed by atoms with Gasteiger partial charge in [0.05, 0.1) is 32.1 Å². The quantitative estimate of drug-likeness (QED) is 0.546. The molecule has 0 spiro atoms.